The molecule has 0 saturated heterocycles. The predicted octanol–water partition coefficient (Wildman–Crippen LogP) is 2.65. The highest BCUT2D eigenvalue weighted by atomic mass is 35.5. The van der Waals surface area contributed by atoms with Crippen molar-refractivity contribution in [3.63, 3.8) is 0 Å². The fraction of sp³-hybridized carbons (Fsp3) is 0.545. The lowest BCUT2D eigenvalue weighted by atomic mass is 9.81. The van der Waals surface area contributed by atoms with E-state index in [1.165, 1.54) is 0 Å². The van der Waals surface area contributed by atoms with Crippen LogP contribution in [0.5, 0.6) is 0 Å². The first-order chi connectivity index (χ1) is 6.61. The Balaban J connectivity index is 2.82. The van der Waals surface area contributed by atoms with Crippen molar-refractivity contribution in [2.75, 3.05) is 6.54 Å². The van der Waals surface area contributed by atoms with E-state index in [0.29, 0.717) is 6.54 Å². The lowest BCUT2D eigenvalue weighted by molar-refractivity contribution is 0.320. The van der Waals surface area contributed by atoms with Crippen molar-refractivity contribution in [2.45, 2.75) is 26.7 Å². The third kappa shape index (κ3) is 2.69. The summed E-state index contributed by atoms with van der Waals surface area (Å²) in [6, 6.07) is 1.96. The largest absolute Gasteiger partial charge is 0.330 e. The standard InChI is InChI=1S/C11H17ClN2/c1-3-11(2,8-13)6-9-4-5-14-7-10(9)12/h4-5,7H,3,6,8,13H2,1-2H3. The van der Waals surface area contributed by atoms with Crippen molar-refractivity contribution in [2.24, 2.45) is 11.1 Å². The van der Waals surface area contributed by atoms with Crippen LogP contribution >= 0.6 is 11.6 Å². The van der Waals surface area contributed by atoms with Gasteiger partial charge in [0.05, 0.1) is 5.02 Å². The van der Waals surface area contributed by atoms with Gasteiger partial charge in [0.1, 0.15) is 0 Å². The Labute approximate surface area is 90.5 Å². The maximum absolute atomic E-state index is 6.04. The van der Waals surface area contributed by atoms with Crippen molar-refractivity contribution in [1.29, 1.82) is 0 Å². The molecule has 1 atom stereocenters. The molecular weight excluding hydrogens is 196 g/mol. The second-order valence-corrected chi connectivity index (χ2v) is 4.42. The second kappa shape index (κ2) is 4.76. The fourth-order valence-electron chi connectivity index (χ4n) is 1.35. The second-order valence-electron chi connectivity index (χ2n) is 4.01. The van der Waals surface area contributed by atoms with E-state index in [0.717, 1.165) is 23.4 Å². The van der Waals surface area contributed by atoms with Crippen LogP contribution in [0.1, 0.15) is 25.8 Å². The molecule has 3 heteroatoms. The minimum Gasteiger partial charge on any atom is -0.330 e. The Kier molecular flexibility index (Phi) is 3.90. The highest BCUT2D eigenvalue weighted by Crippen LogP contribution is 2.27. The smallest absolute Gasteiger partial charge is 0.0621 e. The van der Waals surface area contributed by atoms with E-state index in [1.54, 1.807) is 12.4 Å². The molecule has 0 aliphatic rings. The maximum Gasteiger partial charge on any atom is 0.0621 e. The van der Waals surface area contributed by atoms with Gasteiger partial charge in [-0.05, 0) is 36.4 Å². The molecule has 1 unspecified atom stereocenters. The van der Waals surface area contributed by atoms with Crippen molar-refractivity contribution >= 4 is 11.6 Å². The van der Waals surface area contributed by atoms with Crippen LogP contribution in [-0.4, -0.2) is 11.5 Å². The van der Waals surface area contributed by atoms with Gasteiger partial charge in [-0.2, -0.15) is 0 Å². The molecule has 0 aliphatic heterocycles. The molecule has 14 heavy (non-hydrogen) atoms. The van der Waals surface area contributed by atoms with Gasteiger partial charge < -0.3 is 5.73 Å². The summed E-state index contributed by atoms with van der Waals surface area (Å²) < 4.78 is 0. The van der Waals surface area contributed by atoms with Crippen LogP contribution in [0.4, 0.5) is 0 Å². The number of nitrogens with zero attached hydrogens (tertiary/aromatic N) is 1. The molecular formula is C11H17ClN2. The molecule has 2 N–H and O–H groups in total. The molecule has 0 radical (unpaired) electrons. The van der Waals surface area contributed by atoms with E-state index in [2.05, 4.69) is 18.8 Å². The summed E-state index contributed by atoms with van der Waals surface area (Å²) in [4.78, 5) is 3.96. The van der Waals surface area contributed by atoms with E-state index in [4.69, 9.17) is 17.3 Å². The Morgan fingerprint density at radius 3 is 2.79 bits per heavy atom. The van der Waals surface area contributed by atoms with Gasteiger partial charge in [0.15, 0.2) is 0 Å². The highest BCUT2D eigenvalue weighted by molar-refractivity contribution is 6.31. The fourth-order valence-corrected chi connectivity index (χ4v) is 1.53. The van der Waals surface area contributed by atoms with E-state index < -0.39 is 0 Å². The summed E-state index contributed by atoms with van der Waals surface area (Å²) in [5.41, 5.74) is 7.04. The highest BCUT2D eigenvalue weighted by Gasteiger charge is 2.21. The maximum atomic E-state index is 6.04. The summed E-state index contributed by atoms with van der Waals surface area (Å²) in [7, 11) is 0. The Morgan fingerprint density at radius 1 is 1.57 bits per heavy atom. The number of rotatable bonds is 4. The molecule has 1 rings (SSSR count). The van der Waals surface area contributed by atoms with Crippen LogP contribution in [0, 0.1) is 5.41 Å². The summed E-state index contributed by atoms with van der Waals surface area (Å²) in [5, 5.41) is 0.737. The summed E-state index contributed by atoms with van der Waals surface area (Å²) in [6.45, 7) is 5.02. The summed E-state index contributed by atoms with van der Waals surface area (Å²) in [5.74, 6) is 0. The van der Waals surface area contributed by atoms with Crippen LogP contribution in [0.2, 0.25) is 5.02 Å². The first-order valence-corrected chi connectivity index (χ1v) is 5.27. The quantitative estimate of drug-likeness (QED) is 0.834. The normalized spacial score (nSPS) is 15.1. The minimum atomic E-state index is 0.144. The predicted molar refractivity (Wildman–Crippen MR) is 60.4 cm³/mol. The van der Waals surface area contributed by atoms with Crippen LogP contribution in [0.3, 0.4) is 0 Å². The average Bonchev–Trinajstić information content (AvgIpc) is 2.21. The first kappa shape index (κ1) is 11.5. The van der Waals surface area contributed by atoms with Crippen molar-refractivity contribution in [3.8, 4) is 0 Å². The van der Waals surface area contributed by atoms with Crippen molar-refractivity contribution < 1.29 is 0 Å². The number of aromatic nitrogens is 1. The number of pyridine rings is 1. The van der Waals surface area contributed by atoms with E-state index in [-0.39, 0.29) is 5.41 Å². The van der Waals surface area contributed by atoms with Gasteiger partial charge in [-0.15, -0.1) is 0 Å². The van der Waals surface area contributed by atoms with Gasteiger partial charge >= 0.3 is 0 Å². The zero-order valence-electron chi connectivity index (χ0n) is 8.76. The molecule has 0 saturated carbocycles. The number of halogens is 1. The van der Waals surface area contributed by atoms with Gasteiger partial charge in [-0.3, -0.25) is 4.98 Å². The molecule has 0 aliphatic carbocycles. The Bertz CT molecular complexity index is 295. The summed E-state index contributed by atoms with van der Waals surface area (Å²) in [6.07, 6.45) is 5.43. The molecule has 0 amide bonds. The zero-order chi connectivity index (χ0) is 10.6. The molecule has 0 aromatic carbocycles. The van der Waals surface area contributed by atoms with Crippen molar-refractivity contribution in [3.05, 3.63) is 29.0 Å². The lowest BCUT2D eigenvalue weighted by Crippen LogP contribution is -2.28. The first-order valence-electron chi connectivity index (χ1n) is 4.90. The van der Waals surface area contributed by atoms with E-state index in [1.807, 2.05) is 6.07 Å². The number of hydrogen-bond donors (Lipinski definition) is 1. The topological polar surface area (TPSA) is 38.9 Å². The monoisotopic (exact) mass is 212 g/mol. The number of hydrogen-bond acceptors (Lipinski definition) is 2. The van der Waals surface area contributed by atoms with Gasteiger partial charge in [-0.1, -0.05) is 25.4 Å². The van der Waals surface area contributed by atoms with Crippen LogP contribution in [0.15, 0.2) is 18.5 Å². The van der Waals surface area contributed by atoms with Crippen LogP contribution in [0.25, 0.3) is 0 Å². The molecule has 1 aromatic heterocycles. The molecule has 1 heterocycles. The lowest BCUT2D eigenvalue weighted by Gasteiger charge is -2.26. The number of nitrogens with two attached hydrogens (primary N) is 1. The van der Waals surface area contributed by atoms with E-state index in [9.17, 15) is 0 Å². The Morgan fingerprint density at radius 2 is 2.29 bits per heavy atom. The average molecular weight is 213 g/mol. The van der Waals surface area contributed by atoms with Gasteiger partial charge in [-0.25, -0.2) is 0 Å². The molecule has 78 valence electrons. The van der Waals surface area contributed by atoms with Gasteiger partial charge in [0, 0.05) is 12.4 Å². The third-order valence-corrected chi connectivity index (χ3v) is 3.16. The van der Waals surface area contributed by atoms with Crippen LogP contribution < -0.4 is 5.73 Å². The van der Waals surface area contributed by atoms with Crippen molar-refractivity contribution in [1.82, 2.24) is 4.98 Å². The van der Waals surface area contributed by atoms with Gasteiger partial charge in [0.2, 0.25) is 0 Å². The van der Waals surface area contributed by atoms with Gasteiger partial charge in [0.25, 0.3) is 0 Å². The van der Waals surface area contributed by atoms with Crippen LogP contribution in [-0.2, 0) is 6.42 Å². The minimum absolute atomic E-state index is 0.144. The molecule has 1 aromatic rings. The molecule has 0 spiro atoms. The molecule has 0 bridgehead atoms. The SMILES string of the molecule is CCC(C)(CN)Cc1ccncc1Cl. The zero-order valence-corrected chi connectivity index (χ0v) is 9.51. The molecule has 2 nitrogen and oxygen atoms in total. The molecule has 0 fully saturated rings. The summed E-state index contributed by atoms with van der Waals surface area (Å²) >= 11 is 6.04. The van der Waals surface area contributed by atoms with E-state index >= 15 is 0 Å². The Hall–Kier alpha value is -0.600. The third-order valence-electron chi connectivity index (χ3n) is 2.82.